The molecule has 1 atom stereocenters. The summed E-state index contributed by atoms with van der Waals surface area (Å²) < 4.78 is 14.3. The first-order valence-electron chi connectivity index (χ1n) is 10.9. The van der Waals surface area contributed by atoms with E-state index in [0.29, 0.717) is 49.9 Å². The second-order valence-electron chi connectivity index (χ2n) is 9.28. The summed E-state index contributed by atoms with van der Waals surface area (Å²) in [4.78, 5) is 18.1. The zero-order valence-electron chi connectivity index (χ0n) is 20.1. The van der Waals surface area contributed by atoms with E-state index in [1.807, 2.05) is 26.0 Å². The number of benzene rings is 2. The maximum Gasteiger partial charge on any atom is 0.282 e. The highest BCUT2D eigenvalue weighted by Gasteiger charge is 2.20. The summed E-state index contributed by atoms with van der Waals surface area (Å²) in [5.41, 5.74) is 0.992. The van der Waals surface area contributed by atoms with Crippen molar-refractivity contribution < 1.29 is 9.47 Å². The molecule has 0 spiro atoms. The Morgan fingerprint density at radius 2 is 1.97 bits per heavy atom. The van der Waals surface area contributed by atoms with Crippen LogP contribution >= 0.6 is 43.5 Å². The van der Waals surface area contributed by atoms with E-state index in [2.05, 4.69) is 57.7 Å². The normalized spacial score (nSPS) is 13.0. The summed E-state index contributed by atoms with van der Waals surface area (Å²) in [5.74, 6) is 1.57. The van der Waals surface area contributed by atoms with Gasteiger partial charge in [-0.2, -0.15) is 9.78 Å². The number of hydrogen-bond donors (Lipinski definition) is 0. The molecule has 0 aliphatic rings. The molecule has 1 aromatic heterocycles. The average molecular weight is 614 g/mol. The summed E-state index contributed by atoms with van der Waals surface area (Å²) in [6.07, 6.45) is 2.39. The van der Waals surface area contributed by atoms with E-state index in [4.69, 9.17) is 26.1 Å². The molecule has 0 fully saturated rings. The van der Waals surface area contributed by atoms with Crippen LogP contribution in [0.25, 0.3) is 10.9 Å². The molecule has 3 rings (SSSR count). The molecule has 0 saturated carbocycles. The molecule has 0 N–H and O–H groups in total. The van der Waals surface area contributed by atoms with Gasteiger partial charge in [0, 0.05) is 20.4 Å². The van der Waals surface area contributed by atoms with Crippen molar-refractivity contribution in [3.05, 3.63) is 60.0 Å². The summed E-state index contributed by atoms with van der Waals surface area (Å²) >= 11 is 13.6. The van der Waals surface area contributed by atoms with E-state index in [-0.39, 0.29) is 16.9 Å². The number of aromatic nitrogens is 2. The Balaban J connectivity index is 2.13. The van der Waals surface area contributed by atoms with Crippen LogP contribution in [0.15, 0.2) is 43.1 Å². The third-order valence-electron chi connectivity index (χ3n) is 5.22. The highest BCUT2D eigenvalue weighted by molar-refractivity contribution is 9.10. The maximum atomic E-state index is 13.4. The van der Waals surface area contributed by atoms with E-state index < -0.39 is 0 Å². The van der Waals surface area contributed by atoms with Gasteiger partial charge in [0.1, 0.15) is 10.8 Å². The molecule has 0 amide bonds. The lowest BCUT2D eigenvalue weighted by atomic mass is 9.99. The van der Waals surface area contributed by atoms with Gasteiger partial charge in [0.15, 0.2) is 11.5 Å². The Hall–Kier alpha value is -1.90. The topological polar surface area (TPSA) is 65.7 Å². The van der Waals surface area contributed by atoms with Crippen LogP contribution in [-0.2, 0) is 0 Å². The van der Waals surface area contributed by atoms with Crippen LogP contribution in [0.3, 0.4) is 0 Å². The van der Waals surface area contributed by atoms with E-state index in [1.165, 1.54) is 4.68 Å². The van der Waals surface area contributed by atoms with Crippen molar-refractivity contribution in [3.8, 4) is 11.5 Å². The Labute approximate surface area is 221 Å². The van der Waals surface area contributed by atoms with Crippen molar-refractivity contribution >= 4 is 60.6 Å². The third kappa shape index (κ3) is 5.83. The first-order valence-corrected chi connectivity index (χ1v) is 12.9. The van der Waals surface area contributed by atoms with Gasteiger partial charge < -0.3 is 9.47 Å². The van der Waals surface area contributed by atoms with Crippen molar-refractivity contribution in [2.45, 2.75) is 47.0 Å². The van der Waals surface area contributed by atoms with Crippen LogP contribution in [0.1, 0.15) is 58.3 Å². The Morgan fingerprint density at radius 1 is 1.26 bits per heavy atom. The molecule has 2 aromatic carbocycles. The molecule has 0 bridgehead atoms. The minimum Gasteiger partial charge on any atom is -0.493 e. The lowest BCUT2D eigenvalue weighted by molar-refractivity contribution is 0.191. The SMILES string of the molecule is CC[C@H](C)c1nc2ccc(Br)cc2c(=O)n1N=Cc1cc(OC)c(OCC(C)(C)C)c(Cl)c1Br. The van der Waals surface area contributed by atoms with Gasteiger partial charge in [0.2, 0.25) is 0 Å². The van der Waals surface area contributed by atoms with Gasteiger partial charge >= 0.3 is 0 Å². The highest BCUT2D eigenvalue weighted by Crippen LogP contribution is 2.42. The van der Waals surface area contributed by atoms with Crippen molar-refractivity contribution in [1.82, 2.24) is 9.66 Å². The van der Waals surface area contributed by atoms with E-state index in [9.17, 15) is 4.79 Å². The van der Waals surface area contributed by atoms with Gasteiger partial charge in [0.25, 0.3) is 5.56 Å². The predicted octanol–water partition coefficient (Wildman–Crippen LogP) is 7.40. The second-order valence-corrected chi connectivity index (χ2v) is 11.4. The van der Waals surface area contributed by atoms with Gasteiger partial charge in [-0.25, -0.2) is 4.98 Å². The van der Waals surface area contributed by atoms with Gasteiger partial charge in [-0.15, -0.1) is 0 Å². The van der Waals surface area contributed by atoms with Crippen molar-refractivity contribution in [2.75, 3.05) is 13.7 Å². The molecule has 34 heavy (non-hydrogen) atoms. The van der Waals surface area contributed by atoms with Crippen LogP contribution in [0.4, 0.5) is 0 Å². The average Bonchev–Trinajstić information content (AvgIpc) is 2.79. The molecule has 0 unspecified atom stereocenters. The molecule has 6 nitrogen and oxygen atoms in total. The van der Waals surface area contributed by atoms with Crippen LogP contribution in [0.5, 0.6) is 11.5 Å². The number of fused-ring (bicyclic) bond motifs is 1. The standard InChI is InChI=1S/C25H28Br2ClN3O3/c1-7-14(2)23-30-18-9-8-16(26)11-17(18)24(32)31(23)29-12-15-10-19(33-6)22(21(28)20(15)27)34-13-25(3,4)5/h8-12,14H,7,13H2,1-6H3/t14-/m0/s1. The molecule has 0 aliphatic carbocycles. The number of ether oxygens (including phenoxy) is 2. The van der Waals surface area contributed by atoms with Crippen molar-refractivity contribution in [3.63, 3.8) is 0 Å². The molecule has 0 saturated heterocycles. The summed E-state index contributed by atoms with van der Waals surface area (Å²) in [6.45, 7) is 10.8. The minimum absolute atomic E-state index is 0.0348. The number of hydrogen-bond acceptors (Lipinski definition) is 5. The molecule has 182 valence electrons. The predicted molar refractivity (Wildman–Crippen MR) is 146 cm³/mol. The largest absolute Gasteiger partial charge is 0.493 e. The fourth-order valence-electron chi connectivity index (χ4n) is 3.17. The maximum absolute atomic E-state index is 13.4. The van der Waals surface area contributed by atoms with Crippen molar-refractivity contribution in [2.24, 2.45) is 10.5 Å². The monoisotopic (exact) mass is 611 g/mol. The molecule has 9 heteroatoms. The minimum atomic E-state index is -0.239. The van der Waals surface area contributed by atoms with E-state index in [1.54, 1.807) is 25.5 Å². The Kier molecular flexibility index (Phi) is 8.47. The summed E-state index contributed by atoms with van der Waals surface area (Å²) in [6, 6.07) is 7.24. The zero-order chi connectivity index (χ0) is 25.2. The molecule has 3 aromatic rings. The van der Waals surface area contributed by atoms with Crippen LogP contribution in [0.2, 0.25) is 5.02 Å². The fourth-order valence-corrected chi connectivity index (χ4v) is 4.19. The van der Waals surface area contributed by atoms with Gasteiger partial charge in [-0.3, -0.25) is 4.79 Å². The lowest BCUT2D eigenvalue weighted by Gasteiger charge is -2.21. The first-order chi connectivity index (χ1) is 16.0. The van der Waals surface area contributed by atoms with Crippen molar-refractivity contribution in [1.29, 1.82) is 0 Å². The number of nitrogens with zero attached hydrogens (tertiary/aromatic N) is 3. The fraction of sp³-hybridized carbons (Fsp3) is 0.400. The number of halogens is 3. The van der Waals surface area contributed by atoms with Crippen LogP contribution in [0, 0.1) is 5.41 Å². The Morgan fingerprint density at radius 3 is 2.59 bits per heavy atom. The highest BCUT2D eigenvalue weighted by atomic mass is 79.9. The molecule has 0 aliphatic heterocycles. The summed E-state index contributed by atoms with van der Waals surface area (Å²) in [5, 5.41) is 5.39. The molecule has 0 radical (unpaired) electrons. The number of methoxy groups -OCH3 is 1. The summed E-state index contributed by atoms with van der Waals surface area (Å²) in [7, 11) is 1.56. The quantitative estimate of drug-likeness (QED) is 0.261. The van der Waals surface area contributed by atoms with Crippen LogP contribution in [-0.4, -0.2) is 29.6 Å². The van der Waals surface area contributed by atoms with Gasteiger partial charge in [0.05, 0.1) is 30.8 Å². The lowest BCUT2D eigenvalue weighted by Crippen LogP contribution is -2.23. The molecular weight excluding hydrogens is 586 g/mol. The van der Waals surface area contributed by atoms with E-state index >= 15 is 0 Å². The van der Waals surface area contributed by atoms with Crippen LogP contribution < -0.4 is 15.0 Å². The van der Waals surface area contributed by atoms with Gasteiger partial charge in [-0.05, 0) is 52.0 Å². The van der Waals surface area contributed by atoms with E-state index in [0.717, 1.165) is 10.9 Å². The second kappa shape index (κ2) is 10.8. The van der Waals surface area contributed by atoms with Gasteiger partial charge in [-0.1, -0.05) is 62.1 Å². The Bertz CT molecular complexity index is 1300. The number of rotatable bonds is 7. The smallest absolute Gasteiger partial charge is 0.282 e. The zero-order valence-corrected chi connectivity index (χ0v) is 24.0. The first kappa shape index (κ1) is 26.7. The molecule has 1 heterocycles. The molecular formula is C25H28Br2ClN3O3. The third-order valence-corrected chi connectivity index (χ3v) is 7.16.